The molecule has 3 nitrogen and oxygen atoms in total. The third-order valence-corrected chi connectivity index (χ3v) is 2.50. The highest BCUT2D eigenvalue weighted by Gasteiger charge is 2.24. The predicted molar refractivity (Wildman–Crippen MR) is 63.1 cm³/mol. The van der Waals surface area contributed by atoms with Crippen molar-refractivity contribution in [2.24, 2.45) is 5.92 Å². The first-order valence-electron chi connectivity index (χ1n) is 5.07. The summed E-state index contributed by atoms with van der Waals surface area (Å²) in [4.78, 5) is 11.0. The number of aliphatic carboxylic acids is 1. The van der Waals surface area contributed by atoms with Crippen LogP contribution in [-0.4, -0.2) is 17.2 Å². The highest BCUT2D eigenvalue weighted by atomic mass is 35.5. The fourth-order valence-corrected chi connectivity index (χ4v) is 1.47. The van der Waals surface area contributed by atoms with Crippen molar-refractivity contribution < 1.29 is 14.6 Å². The smallest absolute Gasteiger partial charge is 0.345 e. The summed E-state index contributed by atoms with van der Waals surface area (Å²) >= 11 is 5.93. The fourth-order valence-electron chi connectivity index (χ4n) is 1.31. The molecule has 1 aromatic carbocycles. The van der Waals surface area contributed by atoms with Gasteiger partial charge in [-0.05, 0) is 24.6 Å². The second-order valence-corrected chi connectivity index (χ2v) is 4.46. The molecule has 0 aliphatic rings. The Balaban J connectivity index is 2.93. The summed E-state index contributed by atoms with van der Waals surface area (Å²) in [5, 5.41) is 9.43. The molecule has 0 saturated carbocycles. The van der Waals surface area contributed by atoms with E-state index < -0.39 is 12.1 Å². The molecule has 1 rings (SSSR count). The number of ether oxygens (including phenoxy) is 1. The van der Waals surface area contributed by atoms with Gasteiger partial charge < -0.3 is 9.84 Å². The molecule has 0 aliphatic carbocycles. The zero-order chi connectivity index (χ0) is 12.3. The van der Waals surface area contributed by atoms with Crippen LogP contribution in [0.25, 0.3) is 0 Å². The first-order chi connectivity index (χ1) is 7.41. The van der Waals surface area contributed by atoms with Gasteiger partial charge >= 0.3 is 5.97 Å². The van der Waals surface area contributed by atoms with Gasteiger partial charge in [0.25, 0.3) is 0 Å². The van der Waals surface area contributed by atoms with Crippen LogP contribution in [-0.2, 0) is 4.79 Å². The van der Waals surface area contributed by atoms with Gasteiger partial charge in [-0.15, -0.1) is 0 Å². The highest BCUT2D eigenvalue weighted by Crippen LogP contribution is 2.27. The van der Waals surface area contributed by atoms with Gasteiger partial charge in [-0.25, -0.2) is 4.79 Å². The summed E-state index contributed by atoms with van der Waals surface area (Å²) in [6.07, 6.45) is -0.876. The number of carboxylic acid groups (broad SMARTS) is 1. The largest absolute Gasteiger partial charge is 0.478 e. The van der Waals surface area contributed by atoms with Crippen molar-refractivity contribution in [1.29, 1.82) is 0 Å². The van der Waals surface area contributed by atoms with E-state index in [-0.39, 0.29) is 5.92 Å². The summed E-state index contributed by atoms with van der Waals surface area (Å²) in [6.45, 7) is 5.49. The van der Waals surface area contributed by atoms with Crippen LogP contribution in [0.5, 0.6) is 5.75 Å². The van der Waals surface area contributed by atoms with E-state index in [0.29, 0.717) is 10.8 Å². The molecule has 1 unspecified atom stereocenters. The summed E-state index contributed by atoms with van der Waals surface area (Å²) in [7, 11) is 0. The number of benzene rings is 1. The first kappa shape index (κ1) is 12.8. The molecule has 0 spiro atoms. The van der Waals surface area contributed by atoms with Crippen LogP contribution in [0.1, 0.15) is 19.4 Å². The van der Waals surface area contributed by atoms with E-state index in [4.69, 9.17) is 21.4 Å². The second kappa shape index (κ2) is 5.21. The van der Waals surface area contributed by atoms with E-state index in [1.807, 2.05) is 13.0 Å². The van der Waals surface area contributed by atoms with Crippen LogP contribution >= 0.6 is 11.6 Å². The summed E-state index contributed by atoms with van der Waals surface area (Å²) in [5.41, 5.74) is 0.979. The number of carbonyl (C=O) groups is 1. The molecule has 0 heterocycles. The summed E-state index contributed by atoms with van der Waals surface area (Å²) in [6, 6.07) is 5.28. The van der Waals surface area contributed by atoms with Crippen LogP contribution in [0, 0.1) is 12.8 Å². The zero-order valence-electron chi connectivity index (χ0n) is 9.53. The Kier molecular flexibility index (Phi) is 4.19. The Hall–Kier alpha value is -1.22. The zero-order valence-corrected chi connectivity index (χ0v) is 10.3. The number of carboxylic acids is 1. The maximum atomic E-state index is 11.0. The van der Waals surface area contributed by atoms with Crippen molar-refractivity contribution in [3.05, 3.63) is 28.8 Å². The molecule has 0 radical (unpaired) electrons. The molecular formula is C12H15ClO3. The highest BCUT2D eigenvalue weighted by molar-refractivity contribution is 6.32. The molecule has 0 aromatic heterocycles. The van der Waals surface area contributed by atoms with Gasteiger partial charge in [-0.1, -0.05) is 31.5 Å². The van der Waals surface area contributed by atoms with Crippen LogP contribution in [0.2, 0.25) is 5.02 Å². The van der Waals surface area contributed by atoms with Gasteiger partial charge in [0.1, 0.15) is 5.75 Å². The van der Waals surface area contributed by atoms with E-state index in [1.54, 1.807) is 26.0 Å². The summed E-state index contributed by atoms with van der Waals surface area (Å²) in [5.74, 6) is -0.676. The molecule has 4 heteroatoms. The standard InChI is InChI=1S/C12H15ClO3/c1-7(2)11(12(14)15)16-10-6-8(3)4-5-9(10)13/h4-7,11H,1-3H3,(H,14,15). The minimum Gasteiger partial charge on any atom is -0.478 e. The van der Waals surface area contributed by atoms with Crippen molar-refractivity contribution in [2.75, 3.05) is 0 Å². The Morgan fingerprint density at radius 2 is 2.06 bits per heavy atom. The quantitative estimate of drug-likeness (QED) is 0.882. The van der Waals surface area contributed by atoms with Crippen molar-refractivity contribution in [1.82, 2.24) is 0 Å². The van der Waals surface area contributed by atoms with Gasteiger partial charge in [0.2, 0.25) is 0 Å². The van der Waals surface area contributed by atoms with E-state index in [1.165, 1.54) is 0 Å². The molecule has 1 atom stereocenters. The predicted octanol–water partition coefficient (Wildman–Crippen LogP) is 3.14. The van der Waals surface area contributed by atoms with E-state index in [0.717, 1.165) is 5.56 Å². The number of aryl methyl sites for hydroxylation is 1. The minimum absolute atomic E-state index is 0.117. The average Bonchev–Trinajstić information content (AvgIpc) is 2.18. The number of hydrogen-bond acceptors (Lipinski definition) is 2. The van der Waals surface area contributed by atoms with Gasteiger partial charge in [0.05, 0.1) is 5.02 Å². The van der Waals surface area contributed by atoms with E-state index >= 15 is 0 Å². The Morgan fingerprint density at radius 1 is 1.44 bits per heavy atom. The SMILES string of the molecule is Cc1ccc(Cl)c(OC(C(=O)O)C(C)C)c1. The molecule has 88 valence electrons. The van der Waals surface area contributed by atoms with Gasteiger partial charge in [-0.3, -0.25) is 0 Å². The molecule has 0 fully saturated rings. The Labute approximate surface area is 100.0 Å². The van der Waals surface area contributed by atoms with Gasteiger partial charge in [-0.2, -0.15) is 0 Å². The lowest BCUT2D eigenvalue weighted by atomic mass is 10.1. The van der Waals surface area contributed by atoms with Crippen molar-refractivity contribution >= 4 is 17.6 Å². The van der Waals surface area contributed by atoms with Crippen molar-refractivity contribution in [3.8, 4) is 5.75 Å². The second-order valence-electron chi connectivity index (χ2n) is 4.05. The van der Waals surface area contributed by atoms with Crippen LogP contribution in [0.4, 0.5) is 0 Å². The van der Waals surface area contributed by atoms with Gasteiger partial charge in [0.15, 0.2) is 6.10 Å². The molecule has 0 saturated heterocycles. The molecule has 16 heavy (non-hydrogen) atoms. The monoisotopic (exact) mass is 242 g/mol. The number of halogens is 1. The normalized spacial score (nSPS) is 12.6. The number of rotatable bonds is 4. The number of hydrogen-bond donors (Lipinski definition) is 1. The molecule has 1 aromatic rings. The lowest BCUT2D eigenvalue weighted by Gasteiger charge is -2.19. The minimum atomic E-state index is -0.979. The maximum absolute atomic E-state index is 11.0. The summed E-state index contributed by atoms with van der Waals surface area (Å²) < 4.78 is 5.42. The maximum Gasteiger partial charge on any atom is 0.345 e. The van der Waals surface area contributed by atoms with Crippen LogP contribution < -0.4 is 4.74 Å². The molecule has 0 aliphatic heterocycles. The van der Waals surface area contributed by atoms with E-state index in [9.17, 15) is 4.79 Å². The Morgan fingerprint density at radius 3 is 2.56 bits per heavy atom. The molecule has 0 bridgehead atoms. The van der Waals surface area contributed by atoms with Crippen molar-refractivity contribution in [3.63, 3.8) is 0 Å². The fraction of sp³-hybridized carbons (Fsp3) is 0.417. The molecular weight excluding hydrogens is 228 g/mol. The average molecular weight is 243 g/mol. The molecule has 0 amide bonds. The first-order valence-corrected chi connectivity index (χ1v) is 5.45. The Bertz CT molecular complexity index is 388. The van der Waals surface area contributed by atoms with Crippen LogP contribution in [0.3, 0.4) is 0 Å². The molecule has 1 N–H and O–H groups in total. The van der Waals surface area contributed by atoms with Gasteiger partial charge in [0, 0.05) is 5.92 Å². The third kappa shape index (κ3) is 3.14. The lowest BCUT2D eigenvalue weighted by Crippen LogP contribution is -2.32. The van der Waals surface area contributed by atoms with E-state index in [2.05, 4.69) is 0 Å². The third-order valence-electron chi connectivity index (χ3n) is 2.19. The topological polar surface area (TPSA) is 46.5 Å². The van der Waals surface area contributed by atoms with Crippen LogP contribution in [0.15, 0.2) is 18.2 Å². The lowest BCUT2D eigenvalue weighted by molar-refractivity contribution is -0.147. The van der Waals surface area contributed by atoms with Crippen molar-refractivity contribution in [2.45, 2.75) is 26.9 Å².